The van der Waals surface area contributed by atoms with Crippen LogP contribution < -0.4 is 10.1 Å². The maximum Gasteiger partial charge on any atom is 0.237 e. The highest BCUT2D eigenvalue weighted by atomic mass is 32.2. The van der Waals surface area contributed by atoms with Gasteiger partial charge in [0, 0.05) is 11.0 Å². The van der Waals surface area contributed by atoms with Crippen molar-refractivity contribution in [2.24, 2.45) is 0 Å². The second kappa shape index (κ2) is 7.26. The third-order valence-corrected chi connectivity index (χ3v) is 4.08. The van der Waals surface area contributed by atoms with Gasteiger partial charge in [0.1, 0.15) is 17.4 Å². The Bertz CT molecular complexity index is 679. The maximum absolute atomic E-state index is 13.6. The van der Waals surface area contributed by atoms with E-state index in [1.807, 2.05) is 0 Å². The van der Waals surface area contributed by atoms with E-state index in [9.17, 15) is 13.6 Å². The molecule has 0 aromatic heterocycles. The van der Waals surface area contributed by atoms with Gasteiger partial charge in [0.25, 0.3) is 0 Å². The average molecular weight is 323 g/mol. The number of nitrogens with one attached hydrogen (secondary N) is 1. The van der Waals surface area contributed by atoms with Crippen molar-refractivity contribution in [2.45, 2.75) is 17.1 Å². The number of thioether (sulfide) groups is 1. The summed E-state index contributed by atoms with van der Waals surface area (Å²) in [6.45, 7) is 1.65. The fourth-order valence-electron chi connectivity index (χ4n) is 1.80. The molecule has 0 bridgehead atoms. The smallest absolute Gasteiger partial charge is 0.237 e. The van der Waals surface area contributed by atoms with Crippen LogP contribution in [-0.2, 0) is 4.79 Å². The number of hydrogen-bond acceptors (Lipinski definition) is 3. The van der Waals surface area contributed by atoms with E-state index in [0.717, 1.165) is 23.9 Å². The fourth-order valence-corrected chi connectivity index (χ4v) is 2.66. The Hall–Kier alpha value is -2.08. The third-order valence-electron chi connectivity index (χ3n) is 2.93. The van der Waals surface area contributed by atoms with Crippen LogP contribution in [0.25, 0.3) is 0 Å². The summed E-state index contributed by atoms with van der Waals surface area (Å²) in [6, 6.07) is 10.3. The van der Waals surface area contributed by atoms with Gasteiger partial charge in [0.2, 0.25) is 5.91 Å². The first-order valence-corrected chi connectivity index (χ1v) is 7.45. The monoisotopic (exact) mass is 323 g/mol. The Morgan fingerprint density at radius 1 is 1.23 bits per heavy atom. The van der Waals surface area contributed by atoms with Crippen LogP contribution in [0, 0.1) is 11.6 Å². The molecule has 0 aliphatic rings. The zero-order valence-corrected chi connectivity index (χ0v) is 12.9. The lowest BCUT2D eigenvalue weighted by Gasteiger charge is -2.14. The quantitative estimate of drug-likeness (QED) is 0.842. The van der Waals surface area contributed by atoms with Crippen molar-refractivity contribution >= 4 is 23.4 Å². The van der Waals surface area contributed by atoms with Gasteiger partial charge in [0.15, 0.2) is 0 Å². The number of hydrogen-bond donors (Lipinski definition) is 1. The van der Waals surface area contributed by atoms with Crippen LogP contribution in [0.2, 0.25) is 0 Å². The molecule has 1 N–H and O–H groups in total. The van der Waals surface area contributed by atoms with E-state index in [4.69, 9.17) is 4.74 Å². The van der Waals surface area contributed by atoms with Gasteiger partial charge in [-0.1, -0.05) is 12.1 Å². The van der Waals surface area contributed by atoms with Gasteiger partial charge in [-0.3, -0.25) is 4.79 Å². The topological polar surface area (TPSA) is 38.3 Å². The van der Waals surface area contributed by atoms with Crippen LogP contribution in [0.1, 0.15) is 6.92 Å². The Morgan fingerprint density at radius 3 is 2.64 bits per heavy atom. The van der Waals surface area contributed by atoms with Gasteiger partial charge >= 0.3 is 0 Å². The summed E-state index contributed by atoms with van der Waals surface area (Å²) in [5.41, 5.74) is 0.544. The molecule has 0 aliphatic carbocycles. The Morgan fingerprint density at radius 2 is 1.95 bits per heavy atom. The summed E-state index contributed by atoms with van der Waals surface area (Å²) in [5.74, 6) is -1.07. The number of rotatable bonds is 5. The van der Waals surface area contributed by atoms with E-state index in [1.54, 1.807) is 31.2 Å². The van der Waals surface area contributed by atoms with Crippen LogP contribution in [0.15, 0.2) is 47.4 Å². The predicted molar refractivity (Wildman–Crippen MR) is 83.3 cm³/mol. The van der Waals surface area contributed by atoms with E-state index >= 15 is 0 Å². The first-order chi connectivity index (χ1) is 10.5. The Labute approximate surface area is 131 Å². The van der Waals surface area contributed by atoms with Crippen molar-refractivity contribution in [1.82, 2.24) is 0 Å². The molecule has 116 valence electrons. The normalized spacial score (nSPS) is 11.8. The molecule has 0 saturated carbocycles. The first kappa shape index (κ1) is 16.3. The molecule has 2 rings (SSSR count). The zero-order valence-electron chi connectivity index (χ0n) is 12.1. The van der Waals surface area contributed by atoms with E-state index in [1.165, 1.54) is 13.2 Å². The van der Waals surface area contributed by atoms with E-state index in [0.29, 0.717) is 11.4 Å². The number of anilines is 1. The third kappa shape index (κ3) is 3.98. The van der Waals surface area contributed by atoms with E-state index < -0.39 is 16.9 Å². The van der Waals surface area contributed by atoms with Crippen molar-refractivity contribution in [3.63, 3.8) is 0 Å². The van der Waals surface area contributed by atoms with Crippen LogP contribution in [0.3, 0.4) is 0 Å². The summed E-state index contributed by atoms with van der Waals surface area (Å²) < 4.78 is 31.6. The molecule has 0 unspecified atom stereocenters. The number of ether oxygens (including phenoxy) is 1. The number of methoxy groups -OCH3 is 1. The Balaban J connectivity index is 2.06. The molecule has 2 aromatic carbocycles. The van der Waals surface area contributed by atoms with Gasteiger partial charge in [-0.15, -0.1) is 11.8 Å². The lowest BCUT2D eigenvalue weighted by atomic mass is 10.3. The molecular weight excluding hydrogens is 308 g/mol. The van der Waals surface area contributed by atoms with Crippen molar-refractivity contribution in [3.8, 4) is 5.75 Å². The summed E-state index contributed by atoms with van der Waals surface area (Å²) in [7, 11) is 1.51. The molecule has 0 fully saturated rings. The molecule has 1 amide bonds. The molecule has 6 heteroatoms. The minimum absolute atomic E-state index is 0.226. The molecule has 3 nitrogen and oxygen atoms in total. The molecule has 0 aliphatic heterocycles. The van der Waals surface area contributed by atoms with Gasteiger partial charge in [0.05, 0.1) is 18.0 Å². The van der Waals surface area contributed by atoms with E-state index in [2.05, 4.69) is 5.32 Å². The van der Waals surface area contributed by atoms with Crippen LogP contribution in [-0.4, -0.2) is 18.3 Å². The molecule has 0 spiro atoms. The van der Waals surface area contributed by atoms with Gasteiger partial charge in [-0.2, -0.15) is 0 Å². The van der Waals surface area contributed by atoms with Crippen molar-refractivity contribution in [2.75, 3.05) is 12.4 Å². The standard InChI is InChI=1S/C16H15F2NO2S/c1-10(22-15-8-7-11(17)9-12(15)18)16(20)19-13-5-3-4-6-14(13)21-2/h3-10H,1-2H3,(H,19,20)/t10-/m1/s1. The van der Waals surface area contributed by atoms with Gasteiger partial charge in [-0.05, 0) is 31.2 Å². The Kier molecular flexibility index (Phi) is 5.38. The van der Waals surface area contributed by atoms with Crippen LogP contribution in [0.4, 0.5) is 14.5 Å². The molecule has 22 heavy (non-hydrogen) atoms. The van der Waals surface area contributed by atoms with Gasteiger partial charge < -0.3 is 10.1 Å². The van der Waals surface area contributed by atoms with Crippen LogP contribution >= 0.6 is 11.8 Å². The molecule has 0 radical (unpaired) electrons. The number of halogens is 2. The second-order valence-electron chi connectivity index (χ2n) is 4.52. The van der Waals surface area contributed by atoms with Gasteiger partial charge in [-0.25, -0.2) is 8.78 Å². The molecule has 2 aromatic rings. The maximum atomic E-state index is 13.6. The molecular formula is C16H15F2NO2S. The highest BCUT2D eigenvalue weighted by Crippen LogP contribution is 2.29. The number of para-hydroxylation sites is 2. The summed E-state index contributed by atoms with van der Waals surface area (Å²) in [5, 5.41) is 2.18. The second-order valence-corrected chi connectivity index (χ2v) is 5.91. The summed E-state index contributed by atoms with van der Waals surface area (Å²) >= 11 is 1.03. The van der Waals surface area contributed by atoms with Crippen molar-refractivity contribution in [1.29, 1.82) is 0 Å². The predicted octanol–water partition coefficient (Wildman–Crippen LogP) is 4.09. The number of carbonyl (C=O) groups excluding carboxylic acids is 1. The molecule has 0 heterocycles. The average Bonchev–Trinajstić information content (AvgIpc) is 2.50. The number of carbonyl (C=O) groups is 1. The van der Waals surface area contributed by atoms with Crippen molar-refractivity contribution < 1.29 is 18.3 Å². The minimum Gasteiger partial charge on any atom is -0.495 e. The number of amides is 1. The minimum atomic E-state index is -0.679. The zero-order chi connectivity index (χ0) is 16.1. The number of benzene rings is 2. The highest BCUT2D eigenvalue weighted by molar-refractivity contribution is 8.00. The highest BCUT2D eigenvalue weighted by Gasteiger charge is 2.18. The fraction of sp³-hybridized carbons (Fsp3) is 0.188. The summed E-state index contributed by atoms with van der Waals surface area (Å²) in [6.07, 6.45) is 0. The van der Waals surface area contributed by atoms with E-state index in [-0.39, 0.29) is 10.8 Å². The summed E-state index contributed by atoms with van der Waals surface area (Å²) in [4.78, 5) is 12.4. The lowest BCUT2D eigenvalue weighted by Crippen LogP contribution is -2.22. The molecule has 1 atom stereocenters. The molecule has 0 saturated heterocycles. The largest absolute Gasteiger partial charge is 0.495 e. The van der Waals surface area contributed by atoms with Crippen molar-refractivity contribution in [3.05, 3.63) is 54.1 Å². The SMILES string of the molecule is COc1ccccc1NC(=O)[C@@H](C)Sc1ccc(F)cc1F. The lowest BCUT2D eigenvalue weighted by molar-refractivity contribution is -0.115. The first-order valence-electron chi connectivity index (χ1n) is 6.57. The van der Waals surface area contributed by atoms with Crippen LogP contribution in [0.5, 0.6) is 5.75 Å².